The minimum atomic E-state index is -0.494. The number of methoxy groups -OCH3 is 2. The van der Waals surface area contributed by atoms with E-state index in [-0.39, 0.29) is 24.3 Å². The number of H-pyrrole nitrogens is 1. The molecule has 0 aliphatic heterocycles. The molecule has 4 aromatic rings. The Bertz CT molecular complexity index is 1720. The van der Waals surface area contributed by atoms with Crippen LogP contribution in [0.3, 0.4) is 0 Å². The van der Waals surface area contributed by atoms with E-state index in [9.17, 15) is 14.4 Å². The lowest BCUT2D eigenvalue weighted by Gasteiger charge is -2.10. The van der Waals surface area contributed by atoms with Crippen molar-refractivity contribution in [3.63, 3.8) is 0 Å². The van der Waals surface area contributed by atoms with Crippen LogP contribution in [0.5, 0.6) is 6.01 Å². The first-order chi connectivity index (χ1) is 21.6. The van der Waals surface area contributed by atoms with Crippen LogP contribution >= 0.6 is 0 Å². The monoisotopic (exact) mass is 616 g/mol. The number of anilines is 1. The van der Waals surface area contributed by atoms with Gasteiger partial charge in [0, 0.05) is 13.0 Å². The Morgan fingerprint density at radius 3 is 2.49 bits per heavy atom. The first-order valence-corrected chi connectivity index (χ1v) is 14.4. The van der Waals surface area contributed by atoms with Crippen LogP contribution in [-0.2, 0) is 40.2 Å². The third-order valence-electron chi connectivity index (χ3n) is 6.64. The summed E-state index contributed by atoms with van der Waals surface area (Å²) in [5.74, 6) is 1.96. The lowest BCUT2D eigenvalue weighted by Crippen LogP contribution is -2.18. The number of aromatic amines is 1. The van der Waals surface area contributed by atoms with Crippen LogP contribution in [-0.4, -0.2) is 71.3 Å². The zero-order valence-electron chi connectivity index (χ0n) is 26.4. The fourth-order valence-electron chi connectivity index (χ4n) is 4.46. The molecule has 0 bridgehead atoms. The van der Waals surface area contributed by atoms with E-state index in [0.29, 0.717) is 47.3 Å². The van der Waals surface area contributed by atoms with Gasteiger partial charge in [-0.3, -0.25) is 9.36 Å². The van der Waals surface area contributed by atoms with Gasteiger partial charge in [0.2, 0.25) is 0 Å². The van der Waals surface area contributed by atoms with Crippen molar-refractivity contribution in [1.29, 1.82) is 0 Å². The van der Waals surface area contributed by atoms with Crippen LogP contribution in [0.4, 0.5) is 5.82 Å². The van der Waals surface area contributed by atoms with Crippen LogP contribution < -0.4 is 16.2 Å². The predicted molar refractivity (Wildman–Crippen MR) is 172 cm³/mol. The summed E-state index contributed by atoms with van der Waals surface area (Å²) in [6.45, 7) is 3.54. The number of esters is 2. The van der Waals surface area contributed by atoms with Gasteiger partial charge in [0.15, 0.2) is 11.5 Å². The number of hydrogen-bond acceptors (Lipinski definition) is 10. The van der Waals surface area contributed by atoms with Gasteiger partial charge in [-0.25, -0.2) is 9.59 Å². The first kappa shape index (κ1) is 34.3. The molecule has 0 aliphatic rings. The van der Waals surface area contributed by atoms with E-state index >= 15 is 0 Å². The summed E-state index contributed by atoms with van der Waals surface area (Å²) in [5, 5.41) is 0. The molecule has 12 nitrogen and oxygen atoms in total. The molecule has 2 aromatic carbocycles. The lowest BCUT2D eigenvalue weighted by atomic mass is 10.0. The molecule has 45 heavy (non-hydrogen) atoms. The number of fused-ring (bicyclic) bond motifs is 1. The molecule has 4 rings (SSSR count). The van der Waals surface area contributed by atoms with Gasteiger partial charge in [0.1, 0.15) is 5.52 Å². The number of carbonyl (C=O) groups is 2. The minimum absolute atomic E-state index is 0.112. The Kier molecular flexibility index (Phi) is 12.7. The average Bonchev–Trinajstić information content (AvgIpc) is 3.32. The van der Waals surface area contributed by atoms with Crippen molar-refractivity contribution in [2.24, 2.45) is 0 Å². The number of nitrogen functional groups attached to an aromatic ring is 1. The Hall–Kier alpha value is -5.15. The zero-order chi connectivity index (χ0) is 32.9. The summed E-state index contributed by atoms with van der Waals surface area (Å²) in [6, 6.07) is 13.3. The molecule has 3 N–H and O–H groups in total. The number of aromatic nitrogens is 4. The molecule has 0 aliphatic carbocycles. The maximum Gasteiger partial charge on any atom is 0.338 e. The largest absolute Gasteiger partial charge is 0.469 e. The fraction of sp³-hybridized carbons (Fsp3) is 0.364. The van der Waals surface area contributed by atoms with E-state index in [2.05, 4.69) is 36.6 Å². The summed E-state index contributed by atoms with van der Waals surface area (Å²) in [4.78, 5) is 49.0. The van der Waals surface area contributed by atoms with E-state index < -0.39 is 11.7 Å². The number of nitrogens with zero attached hydrogens (tertiary/aromatic N) is 4. The maximum absolute atomic E-state index is 12.5. The number of imidazole rings is 1. The van der Waals surface area contributed by atoms with E-state index in [4.69, 9.17) is 21.6 Å². The average molecular weight is 617 g/mol. The third kappa shape index (κ3) is 9.67. The molecule has 2 aromatic heterocycles. The number of rotatable bonds is 12. The molecule has 0 fully saturated rings. The zero-order valence-corrected chi connectivity index (χ0v) is 26.4. The Morgan fingerprint density at radius 2 is 1.82 bits per heavy atom. The van der Waals surface area contributed by atoms with E-state index in [1.54, 1.807) is 18.2 Å². The highest BCUT2D eigenvalue weighted by atomic mass is 16.5. The van der Waals surface area contributed by atoms with E-state index in [1.165, 1.54) is 24.4 Å². The van der Waals surface area contributed by atoms with Crippen molar-refractivity contribution in [3.05, 3.63) is 80.8 Å². The van der Waals surface area contributed by atoms with Crippen molar-refractivity contribution in [3.8, 4) is 18.4 Å². The first-order valence-electron chi connectivity index (χ1n) is 14.4. The number of nitrogens with two attached hydrogens (primary N) is 1. The summed E-state index contributed by atoms with van der Waals surface area (Å²) < 4.78 is 16.4. The maximum atomic E-state index is 12.5. The van der Waals surface area contributed by atoms with Crippen LogP contribution in [0.1, 0.15) is 52.4 Å². The molecule has 238 valence electrons. The molecule has 0 saturated heterocycles. The second-order valence-electron chi connectivity index (χ2n) is 10.5. The lowest BCUT2D eigenvalue weighted by molar-refractivity contribution is -0.139. The van der Waals surface area contributed by atoms with Gasteiger partial charge in [-0.05, 0) is 48.8 Å². The minimum Gasteiger partial charge on any atom is -0.469 e. The second-order valence-corrected chi connectivity index (χ2v) is 10.5. The molecule has 0 atom stereocenters. The fourth-order valence-corrected chi connectivity index (χ4v) is 4.46. The number of benzene rings is 2. The van der Waals surface area contributed by atoms with Crippen molar-refractivity contribution >= 4 is 28.9 Å². The van der Waals surface area contributed by atoms with E-state index in [1.807, 2.05) is 39.2 Å². The number of hydrogen-bond donors (Lipinski definition) is 2. The molecule has 0 saturated carbocycles. The van der Waals surface area contributed by atoms with Crippen LogP contribution in [0.2, 0.25) is 0 Å². The van der Waals surface area contributed by atoms with Gasteiger partial charge in [-0.2, -0.15) is 9.97 Å². The Balaban J connectivity index is 0.000000309. The Morgan fingerprint density at radius 1 is 1.07 bits per heavy atom. The van der Waals surface area contributed by atoms with Crippen molar-refractivity contribution in [1.82, 2.24) is 24.4 Å². The molecule has 0 unspecified atom stereocenters. The number of terminal acetylenes is 1. The standard InChI is InChI=1S/C21H23N5O4.C12H17NO2/c1-4-6-10-30-20-24-17(22)16-18(25-20)26(21(28)23-16)12-13-8-9-14(7-5-2)15(11-13)19(27)29-3;1-13(2)9-11-6-4-5-10(7-11)8-12(14)15-3/h2,8-9,11H,4,6-7,10,12H2,1,3H3,(H,23,28)(H2,22,24,25);4-7H,8-9H2,1-3H3. The van der Waals surface area contributed by atoms with Gasteiger partial charge >= 0.3 is 23.6 Å². The highest BCUT2D eigenvalue weighted by molar-refractivity contribution is 5.91. The van der Waals surface area contributed by atoms with Crippen molar-refractivity contribution in [2.75, 3.05) is 40.7 Å². The molecule has 2 heterocycles. The second kappa shape index (κ2) is 16.6. The molecular weight excluding hydrogens is 576 g/mol. The SMILES string of the molecule is C#CCc1ccc(Cn2c(=O)[nH]c3c(N)nc(OCCCC)nc32)cc1C(=O)OC.COC(=O)Cc1cccc(CN(C)C)c1. The summed E-state index contributed by atoms with van der Waals surface area (Å²) in [5.41, 5.74) is 10.2. The van der Waals surface area contributed by atoms with E-state index in [0.717, 1.165) is 24.9 Å². The van der Waals surface area contributed by atoms with Crippen LogP contribution in [0.15, 0.2) is 47.3 Å². The van der Waals surface area contributed by atoms with Crippen molar-refractivity contribution < 1.29 is 23.8 Å². The Labute approximate surface area is 262 Å². The molecule has 0 spiro atoms. The number of carbonyl (C=O) groups excluding carboxylic acids is 2. The molecule has 0 amide bonds. The number of unbranched alkanes of at least 4 members (excludes halogenated alkanes) is 1. The number of ether oxygens (including phenoxy) is 3. The van der Waals surface area contributed by atoms with Gasteiger partial charge in [-0.15, -0.1) is 12.3 Å². The summed E-state index contributed by atoms with van der Waals surface area (Å²) >= 11 is 0. The van der Waals surface area contributed by atoms with Gasteiger partial charge in [-0.1, -0.05) is 49.7 Å². The van der Waals surface area contributed by atoms with Crippen molar-refractivity contribution in [2.45, 2.75) is 45.7 Å². The topological polar surface area (TPSA) is 155 Å². The molecular formula is C33H40N6O6. The normalized spacial score (nSPS) is 10.6. The summed E-state index contributed by atoms with van der Waals surface area (Å²) in [7, 11) is 6.75. The quantitative estimate of drug-likeness (QED) is 0.138. The van der Waals surface area contributed by atoms with Gasteiger partial charge < -0.3 is 29.8 Å². The highest BCUT2D eigenvalue weighted by Crippen LogP contribution is 2.20. The smallest absolute Gasteiger partial charge is 0.338 e. The third-order valence-corrected chi connectivity index (χ3v) is 6.64. The molecule has 0 radical (unpaired) electrons. The van der Waals surface area contributed by atoms with Crippen LogP contribution in [0.25, 0.3) is 11.2 Å². The van der Waals surface area contributed by atoms with Crippen LogP contribution in [0, 0.1) is 12.3 Å². The predicted octanol–water partition coefficient (Wildman–Crippen LogP) is 3.36. The summed E-state index contributed by atoms with van der Waals surface area (Å²) in [6.07, 6.45) is 7.83. The van der Waals surface area contributed by atoms with Gasteiger partial charge in [0.25, 0.3) is 0 Å². The number of nitrogens with one attached hydrogen (secondary N) is 1. The highest BCUT2D eigenvalue weighted by Gasteiger charge is 2.17. The van der Waals surface area contributed by atoms with Gasteiger partial charge in [0.05, 0.1) is 39.4 Å². The molecule has 12 heteroatoms.